The molecule has 0 fully saturated rings. The van der Waals surface area contributed by atoms with Gasteiger partial charge in [0.15, 0.2) is 0 Å². The lowest BCUT2D eigenvalue weighted by Gasteiger charge is -2.12. The third kappa shape index (κ3) is 1.86. The third-order valence-corrected chi connectivity index (χ3v) is 3.87. The molecule has 0 aliphatic carbocycles. The number of thiophene rings is 1. The molecule has 86 valence electrons. The number of rotatable bonds is 2. The lowest BCUT2D eigenvalue weighted by Crippen LogP contribution is -1.95. The lowest BCUT2D eigenvalue weighted by atomic mass is 9.94. The van der Waals surface area contributed by atoms with Gasteiger partial charge >= 0.3 is 0 Å². The first-order chi connectivity index (χ1) is 7.50. The summed E-state index contributed by atoms with van der Waals surface area (Å²) in [5.74, 6) is 1.15. The molecular weight excluding hydrogens is 214 g/mol. The van der Waals surface area contributed by atoms with Crippen molar-refractivity contribution in [3.63, 3.8) is 0 Å². The number of hydrogen-bond acceptors (Lipinski definition) is 2. The maximum Gasteiger partial charge on any atom is 0.124 e. The van der Waals surface area contributed by atoms with Crippen molar-refractivity contribution in [2.75, 3.05) is 0 Å². The summed E-state index contributed by atoms with van der Waals surface area (Å²) < 4.78 is 0. The van der Waals surface area contributed by atoms with Gasteiger partial charge in [-0.1, -0.05) is 27.7 Å². The Balaban J connectivity index is 2.79. The van der Waals surface area contributed by atoms with Crippen LogP contribution in [0.2, 0.25) is 0 Å². The van der Waals surface area contributed by atoms with Crippen LogP contribution in [0.1, 0.15) is 56.4 Å². The Labute approximate surface area is 102 Å². The van der Waals surface area contributed by atoms with E-state index in [9.17, 15) is 0 Å². The molecule has 2 rings (SSSR count). The quantitative estimate of drug-likeness (QED) is 0.722. The first kappa shape index (κ1) is 11.6. The molecule has 0 atom stereocenters. The minimum Gasteiger partial charge on any atom is -0.242 e. The summed E-state index contributed by atoms with van der Waals surface area (Å²) in [5, 5.41) is 3.67. The Morgan fingerprint density at radius 1 is 1.06 bits per heavy atom. The summed E-state index contributed by atoms with van der Waals surface area (Å²) in [6, 6.07) is 2.24. The standard InChI is InChI=1S/C14H19NS/c1-8(2)11-6-10(5)15-14-13(11)12(7-16-14)9(3)4/h6-9H,1-5H3. The van der Waals surface area contributed by atoms with E-state index in [1.54, 1.807) is 11.3 Å². The molecule has 0 saturated heterocycles. The first-order valence-corrected chi connectivity index (χ1v) is 6.77. The average Bonchev–Trinajstić information content (AvgIpc) is 2.59. The average molecular weight is 233 g/mol. The van der Waals surface area contributed by atoms with Crippen LogP contribution in [0.25, 0.3) is 10.2 Å². The zero-order valence-electron chi connectivity index (χ0n) is 10.7. The van der Waals surface area contributed by atoms with E-state index < -0.39 is 0 Å². The van der Waals surface area contributed by atoms with Crippen LogP contribution in [0.4, 0.5) is 0 Å². The van der Waals surface area contributed by atoms with Gasteiger partial charge in [-0.15, -0.1) is 11.3 Å². The van der Waals surface area contributed by atoms with Crippen molar-refractivity contribution in [2.45, 2.75) is 46.5 Å². The molecule has 0 aromatic carbocycles. The van der Waals surface area contributed by atoms with Crippen molar-refractivity contribution in [3.8, 4) is 0 Å². The van der Waals surface area contributed by atoms with Gasteiger partial charge in [0.1, 0.15) is 4.83 Å². The van der Waals surface area contributed by atoms with Gasteiger partial charge in [-0.25, -0.2) is 4.98 Å². The van der Waals surface area contributed by atoms with Gasteiger partial charge in [0.05, 0.1) is 0 Å². The number of hydrogen-bond donors (Lipinski definition) is 0. The Morgan fingerprint density at radius 2 is 1.69 bits per heavy atom. The SMILES string of the molecule is Cc1cc(C(C)C)c2c(C(C)C)csc2n1. The molecule has 2 aromatic heterocycles. The van der Waals surface area contributed by atoms with Gasteiger partial charge in [0, 0.05) is 11.1 Å². The van der Waals surface area contributed by atoms with E-state index in [2.05, 4.69) is 51.0 Å². The van der Waals surface area contributed by atoms with Crippen molar-refractivity contribution < 1.29 is 0 Å². The largest absolute Gasteiger partial charge is 0.242 e. The number of aromatic nitrogens is 1. The number of fused-ring (bicyclic) bond motifs is 1. The molecule has 2 aromatic rings. The smallest absolute Gasteiger partial charge is 0.124 e. The normalized spacial score (nSPS) is 11.9. The second-order valence-corrected chi connectivity index (χ2v) is 5.89. The van der Waals surface area contributed by atoms with E-state index in [4.69, 9.17) is 0 Å². The second-order valence-electron chi connectivity index (χ2n) is 5.03. The lowest BCUT2D eigenvalue weighted by molar-refractivity contribution is 0.854. The van der Waals surface area contributed by atoms with Gasteiger partial charge in [0.25, 0.3) is 0 Å². The zero-order valence-corrected chi connectivity index (χ0v) is 11.5. The van der Waals surface area contributed by atoms with Crippen LogP contribution in [0.5, 0.6) is 0 Å². The molecule has 0 radical (unpaired) electrons. The molecule has 2 heteroatoms. The topological polar surface area (TPSA) is 12.9 Å². The van der Waals surface area contributed by atoms with E-state index in [0.717, 1.165) is 5.69 Å². The Morgan fingerprint density at radius 3 is 2.25 bits per heavy atom. The van der Waals surface area contributed by atoms with E-state index in [1.807, 2.05) is 0 Å². The van der Waals surface area contributed by atoms with Crippen LogP contribution in [0.15, 0.2) is 11.4 Å². The molecule has 0 saturated carbocycles. The Bertz CT molecular complexity index is 509. The van der Waals surface area contributed by atoms with Gasteiger partial charge in [-0.3, -0.25) is 0 Å². The van der Waals surface area contributed by atoms with E-state index in [1.165, 1.54) is 21.3 Å². The predicted molar refractivity (Wildman–Crippen MR) is 72.5 cm³/mol. The van der Waals surface area contributed by atoms with Gasteiger partial charge < -0.3 is 0 Å². The van der Waals surface area contributed by atoms with Crippen LogP contribution in [0.3, 0.4) is 0 Å². The first-order valence-electron chi connectivity index (χ1n) is 5.89. The van der Waals surface area contributed by atoms with Gasteiger partial charge in [-0.2, -0.15) is 0 Å². The molecule has 16 heavy (non-hydrogen) atoms. The van der Waals surface area contributed by atoms with Crippen LogP contribution in [-0.4, -0.2) is 4.98 Å². The fraction of sp³-hybridized carbons (Fsp3) is 0.500. The molecular formula is C14H19NS. The molecule has 0 bridgehead atoms. The van der Waals surface area contributed by atoms with Crippen LogP contribution < -0.4 is 0 Å². The number of aryl methyl sites for hydroxylation is 1. The summed E-state index contributed by atoms with van der Waals surface area (Å²) in [6.07, 6.45) is 0. The maximum absolute atomic E-state index is 4.64. The number of pyridine rings is 1. The summed E-state index contributed by atoms with van der Waals surface area (Å²) in [5.41, 5.74) is 4.04. The molecule has 2 heterocycles. The fourth-order valence-corrected chi connectivity index (χ4v) is 3.28. The van der Waals surface area contributed by atoms with Crippen LogP contribution >= 0.6 is 11.3 Å². The van der Waals surface area contributed by atoms with Crippen molar-refractivity contribution in [3.05, 3.63) is 28.3 Å². The van der Waals surface area contributed by atoms with Crippen LogP contribution in [0, 0.1) is 6.92 Å². The minimum absolute atomic E-state index is 0.566. The summed E-state index contributed by atoms with van der Waals surface area (Å²) >= 11 is 1.78. The fourth-order valence-electron chi connectivity index (χ4n) is 2.10. The maximum atomic E-state index is 4.64. The van der Waals surface area contributed by atoms with E-state index in [-0.39, 0.29) is 0 Å². The molecule has 0 aliphatic rings. The molecule has 0 spiro atoms. The Kier molecular flexibility index (Phi) is 3.02. The highest BCUT2D eigenvalue weighted by atomic mass is 32.1. The van der Waals surface area contributed by atoms with E-state index in [0.29, 0.717) is 11.8 Å². The van der Waals surface area contributed by atoms with Crippen molar-refractivity contribution in [1.82, 2.24) is 4.98 Å². The van der Waals surface area contributed by atoms with Crippen molar-refractivity contribution in [1.29, 1.82) is 0 Å². The molecule has 0 unspecified atom stereocenters. The zero-order chi connectivity index (χ0) is 11.9. The summed E-state index contributed by atoms with van der Waals surface area (Å²) in [6.45, 7) is 11.1. The Hall–Kier alpha value is -0.890. The summed E-state index contributed by atoms with van der Waals surface area (Å²) in [7, 11) is 0. The third-order valence-electron chi connectivity index (χ3n) is 2.98. The molecule has 0 N–H and O–H groups in total. The molecule has 1 nitrogen and oxygen atoms in total. The second kappa shape index (κ2) is 4.17. The van der Waals surface area contributed by atoms with Crippen molar-refractivity contribution in [2.24, 2.45) is 0 Å². The predicted octanol–water partition coefficient (Wildman–Crippen LogP) is 4.85. The highest BCUT2D eigenvalue weighted by Gasteiger charge is 2.15. The number of nitrogens with zero attached hydrogens (tertiary/aromatic N) is 1. The molecule has 0 aliphatic heterocycles. The minimum atomic E-state index is 0.566. The van der Waals surface area contributed by atoms with E-state index >= 15 is 0 Å². The monoisotopic (exact) mass is 233 g/mol. The van der Waals surface area contributed by atoms with Gasteiger partial charge in [0.2, 0.25) is 0 Å². The highest BCUT2D eigenvalue weighted by molar-refractivity contribution is 7.17. The summed E-state index contributed by atoms with van der Waals surface area (Å²) in [4.78, 5) is 5.84. The van der Waals surface area contributed by atoms with Crippen molar-refractivity contribution >= 4 is 21.6 Å². The molecule has 0 amide bonds. The highest BCUT2D eigenvalue weighted by Crippen LogP contribution is 2.35. The van der Waals surface area contributed by atoms with Gasteiger partial charge in [-0.05, 0) is 41.3 Å². The van der Waals surface area contributed by atoms with Crippen LogP contribution in [-0.2, 0) is 0 Å².